The van der Waals surface area contributed by atoms with Crippen molar-refractivity contribution in [3.63, 3.8) is 0 Å². The smallest absolute Gasteiger partial charge is 0.756 e. The molecule has 14 nitrogen and oxygen atoms in total. The molecule has 0 radical (unpaired) electrons. The van der Waals surface area contributed by atoms with Crippen LogP contribution in [0.3, 0.4) is 0 Å². The Hall–Kier alpha value is -3.33. The second kappa shape index (κ2) is 13.7. The third-order valence-corrected chi connectivity index (χ3v) is 9.82. The zero-order valence-corrected chi connectivity index (χ0v) is 31.1. The number of para-hydroxylation sites is 1. The molecule has 2 aromatic carbocycles. The SMILES string of the molecule is CC(C)[C@H](O)C(=O)C[C@H]1Cc2ccc3c(c2)C2(c4ccccc4N[C@H]2O3)c2oc(nc2-c2nc(COP(=O)([O-])O)co2)[C@H](C(C)C)NC1=O.[Na+]. The number of carbonyl (C=O) groups excluding carboxylic acids is 2. The number of hydrogen-bond acceptors (Lipinski definition) is 12. The van der Waals surface area contributed by atoms with Crippen LogP contribution in [0, 0.1) is 17.8 Å². The molecule has 2 unspecified atom stereocenters. The number of ether oxygens (including phenoxy) is 1. The fraction of sp³-hybridized carbons (Fsp3) is 0.412. The van der Waals surface area contributed by atoms with Gasteiger partial charge < -0.3 is 43.6 Å². The van der Waals surface area contributed by atoms with E-state index in [9.17, 15) is 24.2 Å². The molecule has 0 saturated heterocycles. The van der Waals surface area contributed by atoms with Crippen LogP contribution in [-0.2, 0) is 37.1 Å². The minimum Gasteiger partial charge on any atom is -0.756 e. The molecule has 0 aliphatic carbocycles. The second-order valence-electron chi connectivity index (χ2n) is 13.4. The average Bonchev–Trinajstić information content (AvgIpc) is 3.82. The fourth-order valence-corrected chi connectivity index (χ4v) is 7.22. The first-order valence-electron chi connectivity index (χ1n) is 16.1. The number of rotatable bonds is 9. The molecule has 6 atom stereocenters. The zero-order valence-electron chi connectivity index (χ0n) is 28.2. The Morgan fingerprint density at radius 3 is 2.62 bits per heavy atom. The number of Topliss-reactive ketones (excluding diaryl/α,β-unsaturated/α-hetero) is 1. The summed E-state index contributed by atoms with van der Waals surface area (Å²) in [6, 6.07) is 12.6. The van der Waals surface area contributed by atoms with Crippen molar-refractivity contribution in [3.8, 4) is 17.3 Å². The van der Waals surface area contributed by atoms with Crippen molar-refractivity contribution in [2.24, 2.45) is 17.8 Å². The Morgan fingerprint density at radius 2 is 1.90 bits per heavy atom. The largest absolute Gasteiger partial charge is 1.00 e. The number of anilines is 1. The van der Waals surface area contributed by atoms with E-state index in [4.69, 9.17) is 23.4 Å². The van der Waals surface area contributed by atoms with Crippen molar-refractivity contribution in [3.05, 3.63) is 82.8 Å². The summed E-state index contributed by atoms with van der Waals surface area (Å²) < 4.78 is 34.9. The minimum atomic E-state index is -5.03. The summed E-state index contributed by atoms with van der Waals surface area (Å²) >= 11 is 0. The summed E-state index contributed by atoms with van der Waals surface area (Å²) in [5.74, 6) is -1.15. The van der Waals surface area contributed by atoms with E-state index in [2.05, 4.69) is 20.1 Å². The van der Waals surface area contributed by atoms with Gasteiger partial charge in [-0.15, -0.1) is 0 Å². The van der Waals surface area contributed by atoms with Gasteiger partial charge in [-0.2, -0.15) is 0 Å². The van der Waals surface area contributed by atoms with Crippen LogP contribution in [-0.4, -0.2) is 44.0 Å². The minimum absolute atomic E-state index is 0. The van der Waals surface area contributed by atoms with Crippen molar-refractivity contribution in [1.82, 2.24) is 15.3 Å². The summed E-state index contributed by atoms with van der Waals surface area (Å²) in [7, 11) is -5.03. The van der Waals surface area contributed by atoms with Crippen LogP contribution >= 0.6 is 7.82 Å². The predicted molar refractivity (Wildman–Crippen MR) is 171 cm³/mol. The van der Waals surface area contributed by atoms with E-state index in [1.165, 1.54) is 6.26 Å². The van der Waals surface area contributed by atoms with Gasteiger partial charge in [0.05, 0.1) is 0 Å². The van der Waals surface area contributed by atoms with E-state index in [1.807, 2.05) is 56.3 Å². The number of aliphatic hydroxyl groups is 1. The number of phosphoric acid groups is 1. The van der Waals surface area contributed by atoms with Crippen LogP contribution in [0.2, 0.25) is 0 Å². The van der Waals surface area contributed by atoms with E-state index in [1.54, 1.807) is 13.8 Å². The van der Waals surface area contributed by atoms with E-state index < -0.39 is 55.8 Å². The van der Waals surface area contributed by atoms with Crippen molar-refractivity contribution >= 4 is 25.2 Å². The third-order valence-electron chi connectivity index (χ3n) is 9.37. The molecule has 3 aliphatic heterocycles. The third kappa shape index (κ3) is 6.37. The summed E-state index contributed by atoms with van der Waals surface area (Å²) in [6.07, 6.45) is -0.664. The Balaban J connectivity index is 0.00000432. The molecule has 4 N–H and O–H groups in total. The second-order valence-corrected chi connectivity index (χ2v) is 14.6. The molecule has 4 bridgehead atoms. The average molecular weight is 715 g/mol. The number of carbonyl (C=O) groups is 2. The van der Waals surface area contributed by atoms with Gasteiger partial charge in [0, 0.05) is 23.6 Å². The predicted octanol–water partition coefficient (Wildman–Crippen LogP) is 0.751. The summed E-state index contributed by atoms with van der Waals surface area (Å²) in [5.41, 5.74) is 2.26. The number of nitrogens with one attached hydrogen (secondary N) is 2. The topological polar surface area (TPSA) is 209 Å². The molecule has 7 rings (SSSR count). The number of amides is 1. The van der Waals surface area contributed by atoms with Gasteiger partial charge in [-0.3, -0.25) is 14.2 Å². The molecule has 16 heteroatoms. The standard InChI is InChI=1S/C34H37N4O10P.Na/c1-16(2)26-32-38-27(31-35-20(14-45-31)15-46-49(42,43)44)29(48-32)34-21-7-5-6-8-23(21)36-33(34)47-25-10-9-18(12-22(25)34)11-19(30(41)37-26)13-24(39)28(40)17(3)4;/h5-10,12,14,16-17,19,26,28,33,36,40H,11,13,15H2,1-4H3,(H,37,41)(H2,42,43,44);/q;+1/p-1/t19-,26+,28+,33+,34?;/m1./s1. The molecule has 0 saturated carbocycles. The quantitative estimate of drug-likeness (QED) is 0.140. The van der Waals surface area contributed by atoms with E-state index in [0.717, 1.165) is 22.4 Å². The Labute approximate surface area is 309 Å². The first-order chi connectivity index (χ1) is 23.3. The van der Waals surface area contributed by atoms with Crippen molar-refractivity contribution in [2.45, 2.75) is 70.9 Å². The number of aliphatic hydroxyl groups excluding tert-OH is 1. The van der Waals surface area contributed by atoms with Crippen LogP contribution < -0.4 is 49.8 Å². The Morgan fingerprint density at radius 1 is 1.14 bits per heavy atom. The van der Waals surface area contributed by atoms with Gasteiger partial charge >= 0.3 is 29.6 Å². The maximum atomic E-state index is 14.0. The summed E-state index contributed by atoms with van der Waals surface area (Å²) in [4.78, 5) is 56.9. The van der Waals surface area contributed by atoms with E-state index >= 15 is 0 Å². The molecular formula is C34H36N4NaO10P. The molecule has 1 amide bonds. The monoisotopic (exact) mass is 714 g/mol. The van der Waals surface area contributed by atoms with Crippen LogP contribution in [0.1, 0.15) is 74.2 Å². The fourth-order valence-electron chi connectivity index (χ4n) is 6.93. The molecule has 2 aromatic heterocycles. The molecule has 4 aromatic rings. The maximum Gasteiger partial charge on any atom is 1.00 e. The van der Waals surface area contributed by atoms with Crippen molar-refractivity contribution < 1.29 is 76.7 Å². The van der Waals surface area contributed by atoms with Crippen LogP contribution in [0.5, 0.6) is 5.75 Å². The number of aromatic nitrogens is 2. The van der Waals surface area contributed by atoms with Gasteiger partial charge in [-0.05, 0) is 41.5 Å². The van der Waals surface area contributed by atoms with Crippen molar-refractivity contribution in [1.29, 1.82) is 0 Å². The first kappa shape index (κ1) is 36.5. The van der Waals surface area contributed by atoms with Gasteiger partial charge in [0.2, 0.25) is 17.7 Å². The van der Waals surface area contributed by atoms with E-state index in [-0.39, 0.29) is 77.4 Å². The number of oxazole rings is 2. The van der Waals surface area contributed by atoms with Crippen molar-refractivity contribution in [2.75, 3.05) is 5.32 Å². The molecule has 1 spiro atoms. The van der Waals surface area contributed by atoms with Crippen LogP contribution in [0.15, 0.2) is 57.6 Å². The van der Waals surface area contributed by atoms with Gasteiger partial charge in [0.1, 0.15) is 41.9 Å². The Bertz CT molecular complexity index is 1990. The van der Waals surface area contributed by atoms with Gasteiger partial charge in [-0.25, -0.2) is 9.97 Å². The molecule has 5 heterocycles. The number of phosphoric ester groups is 1. The first-order valence-corrected chi connectivity index (χ1v) is 17.6. The number of ketones is 1. The van der Waals surface area contributed by atoms with E-state index in [0.29, 0.717) is 11.5 Å². The van der Waals surface area contributed by atoms with Crippen LogP contribution in [0.25, 0.3) is 11.6 Å². The van der Waals surface area contributed by atoms with Gasteiger partial charge in [0.15, 0.2) is 23.5 Å². The molecule has 258 valence electrons. The zero-order chi connectivity index (χ0) is 34.8. The molecule has 3 aliphatic rings. The number of fused-ring (bicyclic) bond motifs is 4. The van der Waals surface area contributed by atoms with Gasteiger partial charge in [-0.1, -0.05) is 58.0 Å². The van der Waals surface area contributed by atoms with Gasteiger partial charge in [0.25, 0.3) is 7.82 Å². The van der Waals surface area contributed by atoms with Crippen LogP contribution in [0.4, 0.5) is 5.69 Å². The number of hydrogen-bond donors (Lipinski definition) is 4. The number of benzene rings is 2. The summed E-state index contributed by atoms with van der Waals surface area (Å²) in [5, 5.41) is 17.1. The molecular weight excluding hydrogens is 678 g/mol. The summed E-state index contributed by atoms with van der Waals surface area (Å²) in [6.45, 7) is 6.71. The normalized spacial score (nSPS) is 23.7. The molecule has 0 fully saturated rings. The Kier molecular flexibility index (Phi) is 9.96. The molecule has 50 heavy (non-hydrogen) atoms. The maximum absolute atomic E-state index is 14.0. The number of nitrogens with zero attached hydrogens (tertiary/aromatic N) is 2.